The van der Waals surface area contributed by atoms with E-state index in [1.807, 2.05) is 6.08 Å². The lowest BCUT2D eigenvalue weighted by Gasteiger charge is -2.15. The van der Waals surface area contributed by atoms with Gasteiger partial charge in [-0.05, 0) is 59.9 Å². The minimum atomic E-state index is -0.237. The predicted octanol–water partition coefficient (Wildman–Crippen LogP) is 4.15. The van der Waals surface area contributed by atoms with Gasteiger partial charge in [-0.15, -0.1) is 0 Å². The maximum Gasteiger partial charge on any atom is 0.256 e. The molecule has 8 heteroatoms. The summed E-state index contributed by atoms with van der Waals surface area (Å²) < 4.78 is 6.66. The summed E-state index contributed by atoms with van der Waals surface area (Å²) in [6.45, 7) is 0. The number of hydrogen-bond acceptors (Lipinski definition) is 6. The summed E-state index contributed by atoms with van der Waals surface area (Å²) in [5.41, 5.74) is 5.46. The molecule has 0 fully saturated rings. The SMILES string of the molecule is COC1=CC=C2CCC(NC(=O)c3ccc(-n4ncc(-c5ccc(C#N)cc5)c4O)nc3)=C2C1. The van der Waals surface area contributed by atoms with Crippen LogP contribution in [0.25, 0.3) is 16.9 Å². The van der Waals surface area contributed by atoms with Gasteiger partial charge in [0.05, 0.1) is 41.8 Å². The van der Waals surface area contributed by atoms with E-state index in [1.165, 1.54) is 22.6 Å². The zero-order chi connectivity index (χ0) is 23.7. The molecule has 0 bridgehead atoms. The van der Waals surface area contributed by atoms with Gasteiger partial charge in [-0.2, -0.15) is 15.0 Å². The summed E-state index contributed by atoms with van der Waals surface area (Å²) in [7, 11) is 1.65. The number of carbonyl (C=O) groups excluding carboxylic acids is 1. The van der Waals surface area contributed by atoms with Crippen LogP contribution in [0.3, 0.4) is 0 Å². The highest BCUT2D eigenvalue weighted by Crippen LogP contribution is 2.37. The van der Waals surface area contributed by atoms with E-state index in [0.717, 1.165) is 35.4 Å². The van der Waals surface area contributed by atoms with Gasteiger partial charge in [0.1, 0.15) is 0 Å². The van der Waals surface area contributed by atoms with Crippen molar-refractivity contribution in [1.29, 1.82) is 5.26 Å². The van der Waals surface area contributed by atoms with Gasteiger partial charge in [-0.25, -0.2) is 4.98 Å². The van der Waals surface area contributed by atoms with Gasteiger partial charge in [0.25, 0.3) is 5.91 Å². The molecule has 3 aromatic rings. The fourth-order valence-electron chi connectivity index (χ4n) is 4.16. The monoisotopic (exact) mass is 451 g/mol. The minimum Gasteiger partial charge on any atom is -0.501 e. The van der Waals surface area contributed by atoms with E-state index >= 15 is 0 Å². The number of pyridine rings is 1. The summed E-state index contributed by atoms with van der Waals surface area (Å²) in [5.74, 6) is 0.937. The number of nitriles is 1. The molecule has 2 aliphatic rings. The van der Waals surface area contributed by atoms with Crippen LogP contribution in [0.15, 0.2) is 83.5 Å². The van der Waals surface area contributed by atoms with Gasteiger partial charge in [0.2, 0.25) is 5.88 Å². The Kier molecular flexibility index (Phi) is 5.44. The van der Waals surface area contributed by atoms with E-state index < -0.39 is 0 Å². The molecule has 0 aliphatic heterocycles. The first kappa shape index (κ1) is 21.2. The van der Waals surface area contributed by atoms with Crippen molar-refractivity contribution < 1.29 is 14.6 Å². The lowest BCUT2D eigenvalue weighted by Crippen LogP contribution is -2.23. The molecular formula is C26H21N5O3. The molecule has 34 heavy (non-hydrogen) atoms. The van der Waals surface area contributed by atoms with Crippen molar-refractivity contribution in [2.75, 3.05) is 7.11 Å². The van der Waals surface area contributed by atoms with Crippen LogP contribution in [0.4, 0.5) is 0 Å². The Morgan fingerprint density at radius 3 is 2.68 bits per heavy atom. The maximum atomic E-state index is 12.8. The van der Waals surface area contributed by atoms with Crippen molar-refractivity contribution in [3.05, 3.63) is 94.7 Å². The molecular weight excluding hydrogens is 430 g/mol. The number of ether oxygens (including phenoxy) is 1. The molecule has 0 saturated carbocycles. The van der Waals surface area contributed by atoms with Crippen molar-refractivity contribution >= 4 is 5.91 Å². The smallest absolute Gasteiger partial charge is 0.256 e. The van der Waals surface area contributed by atoms with Crippen LogP contribution in [0.1, 0.15) is 35.2 Å². The van der Waals surface area contributed by atoms with Gasteiger partial charge in [-0.3, -0.25) is 4.79 Å². The number of benzene rings is 1. The largest absolute Gasteiger partial charge is 0.501 e. The number of carbonyl (C=O) groups is 1. The average molecular weight is 451 g/mol. The number of nitrogens with zero attached hydrogens (tertiary/aromatic N) is 4. The Bertz CT molecular complexity index is 1400. The highest BCUT2D eigenvalue weighted by molar-refractivity contribution is 5.95. The van der Waals surface area contributed by atoms with E-state index in [0.29, 0.717) is 28.9 Å². The zero-order valence-corrected chi connectivity index (χ0v) is 18.4. The number of allylic oxidation sites excluding steroid dienone is 5. The Morgan fingerprint density at radius 2 is 1.97 bits per heavy atom. The fraction of sp³-hybridized carbons (Fsp3) is 0.154. The normalized spacial score (nSPS) is 14.7. The second kappa shape index (κ2) is 8.71. The van der Waals surface area contributed by atoms with Crippen LogP contribution in [0.2, 0.25) is 0 Å². The van der Waals surface area contributed by atoms with Crippen LogP contribution >= 0.6 is 0 Å². The van der Waals surface area contributed by atoms with Crippen LogP contribution in [0.5, 0.6) is 5.88 Å². The van der Waals surface area contributed by atoms with Crippen molar-refractivity contribution in [2.45, 2.75) is 19.3 Å². The van der Waals surface area contributed by atoms with Gasteiger partial charge in [-0.1, -0.05) is 18.2 Å². The molecule has 0 spiro atoms. The summed E-state index contributed by atoms with van der Waals surface area (Å²) in [5, 5.41) is 26.9. The van der Waals surface area contributed by atoms with E-state index in [9.17, 15) is 9.90 Å². The number of aromatic hydroxyl groups is 1. The third kappa shape index (κ3) is 3.84. The standard InChI is InChI=1S/C26H21N5O3/c1-34-20-9-6-17-7-10-23(21(17)12-20)30-25(32)19-8-11-24(28-14-19)31-26(33)22(15-29-31)18-4-2-16(13-27)3-5-18/h2-6,8-9,11,14-15,33H,7,10,12H2,1H3,(H,30,32). The highest BCUT2D eigenvalue weighted by atomic mass is 16.5. The molecule has 168 valence electrons. The van der Waals surface area contributed by atoms with E-state index in [2.05, 4.69) is 27.5 Å². The average Bonchev–Trinajstić information content (AvgIpc) is 3.47. The summed E-state index contributed by atoms with van der Waals surface area (Å²) in [6.07, 6.45) is 9.38. The number of hydrogen-bond donors (Lipinski definition) is 2. The molecule has 1 aromatic carbocycles. The number of nitrogens with one attached hydrogen (secondary N) is 1. The van der Waals surface area contributed by atoms with Crippen LogP contribution < -0.4 is 5.32 Å². The van der Waals surface area contributed by atoms with E-state index in [4.69, 9.17) is 10.00 Å². The molecule has 2 aliphatic carbocycles. The first-order chi connectivity index (χ1) is 16.6. The van der Waals surface area contributed by atoms with Gasteiger partial charge < -0.3 is 15.2 Å². The third-order valence-electron chi connectivity index (χ3n) is 6.04. The molecule has 0 radical (unpaired) electrons. The van der Waals surface area contributed by atoms with Crippen molar-refractivity contribution in [2.24, 2.45) is 0 Å². The number of amides is 1. The quantitative estimate of drug-likeness (QED) is 0.603. The van der Waals surface area contributed by atoms with Gasteiger partial charge in [0, 0.05) is 18.3 Å². The van der Waals surface area contributed by atoms with Crippen molar-refractivity contribution in [1.82, 2.24) is 20.1 Å². The maximum absolute atomic E-state index is 12.8. The molecule has 8 nitrogen and oxygen atoms in total. The fourth-order valence-corrected chi connectivity index (χ4v) is 4.16. The molecule has 0 saturated heterocycles. The van der Waals surface area contributed by atoms with Crippen LogP contribution in [0, 0.1) is 11.3 Å². The molecule has 2 heterocycles. The van der Waals surface area contributed by atoms with Gasteiger partial charge in [0.15, 0.2) is 5.82 Å². The topological polar surface area (TPSA) is 113 Å². The second-order valence-corrected chi connectivity index (χ2v) is 8.00. The van der Waals surface area contributed by atoms with Crippen LogP contribution in [-0.2, 0) is 4.74 Å². The molecule has 2 aromatic heterocycles. The van der Waals surface area contributed by atoms with Crippen molar-refractivity contribution in [3.8, 4) is 28.9 Å². The highest BCUT2D eigenvalue weighted by Gasteiger charge is 2.25. The summed E-state index contributed by atoms with van der Waals surface area (Å²) in [6, 6.07) is 12.2. The van der Waals surface area contributed by atoms with Gasteiger partial charge >= 0.3 is 0 Å². The lowest BCUT2D eigenvalue weighted by atomic mass is 9.99. The Labute approximate surface area is 196 Å². The Hall–Kier alpha value is -4.64. The number of aromatic nitrogens is 3. The molecule has 0 unspecified atom stereocenters. The minimum absolute atomic E-state index is 0.0778. The third-order valence-corrected chi connectivity index (χ3v) is 6.04. The van der Waals surface area contributed by atoms with E-state index in [1.54, 1.807) is 43.5 Å². The summed E-state index contributed by atoms with van der Waals surface area (Å²) in [4.78, 5) is 17.2. The zero-order valence-electron chi connectivity index (χ0n) is 18.4. The van der Waals surface area contributed by atoms with Crippen molar-refractivity contribution in [3.63, 3.8) is 0 Å². The van der Waals surface area contributed by atoms with Crippen LogP contribution in [-0.4, -0.2) is 32.9 Å². The Morgan fingerprint density at radius 1 is 1.15 bits per heavy atom. The Balaban J connectivity index is 1.33. The first-order valence-electron chi connectivity index (χ1n) is 10.8. The number of fused-ring (bicyclic) bond motifs is 1. The lowest BCUT2D eigenvalue weighted by molar-refractivity contribution is 0.0964. The molecule has 5 rings (SSSR count). The second-order valence-electron chi connectivity index (χ2n) is 8.00. The molecule has 2 N–H and O–H groups in total. The first-order valence-corrected chi connectivity index (χ1v) is 10.8. The summed E-state index contributed by atoms with van der Waals surface area (Å²) >= 11 is 0. The number of methoxy groups -OCH3 is 1. The number of rotatable bonds is 5. The molecule has 1 amide bonds. The predicted molar refractivity (Wildman–Crippen MR) is 125 cm³/mol. The molecule has 0 atom stereocenters. The van der Waals surface area contributed by atoms with E-state index in [-0.39, 0.29) is 11.8 Å².